The zero-order chi connectivity index (χ0) is 26.2. The average Bonchev–Trinajstić information content (AvgIpc) is 2.90. The van der Waals surface area contributed by atoms with Crippen LogP contribution in [0, 0.1) is 0 Å². The Hall–Kier alpha value is -2.69. The van der Waals surface area contributed by atoms with E-state index in [0.717, 1.165) is 47.8 Å². The summed E-state index contributed by atoms with van der Waals surface area (Å²) < 4.78 is 11.3. The van der Waals surface area contributed by atoms with Crippen LogP contribution < -0.4 is 20.1 Å². The van der Waals surface area contributed by atoms with Gasteiger partial charge in [-0.2, -0.15) is 16.9 Å². The molecular weight excluding hydrogens is 508 g/mol. The summed E-state index contributed by atoms with van der Waals surface area (Å²) in [6, 6.07) is 13.3. The summed E-state index contributed by atoms with van der Waals surface area (Å²) in [4.78, 5) is 24.9. The lowest BCUT2D eigenvalue weighted by Gasteiger charge is -2.24. The molecule has 2 aromatic carbocycles. The fourth-order valence-corrected chi connectivity index (χ4v) is 5.91. The Morgan fingerprint density at radius 2 is 2.03 bits per heavy atom. The van der Waals surface area contributed by atoms with Gasteiger partial charge in [-0.15, -0.1) is 0 Å². The van der Waals surface area contributed by atoms with Crippen LogP contribution in [0.5, 0.6) is 11.5 Å². The molecule has 1 unspecified atom stereocenters. The van der Waals surface area contributed by atoms with Crippen LogP contribution in [0.25, 0.3) is 0 Å². The third-order valence-electron chi connectivity index (χ3n) is 5.91. The van der Waals surface area contributed by atoms with Crippen molar-refractivity contribution in [1.29, 1.82) is 0 Å². The van der Waals surface area contributed by atoms with Crippen molar-refractivity contribution < 1.29 is 19.1 Å². The zero-order valence-electron chi connectivity index (χ0n) is 21.5. The number of nitrogens with one attached hydrogen (secondary N) is 2. The molecule has 2 heterocycles. The number of methoxy groups -OCH3 is 1. The summed E-state index contributed by atoms with van der Waals surface area (Å²) in [5, 5.41) is 12.9. The predicted molar refractivity (Wildman–Crippen MR) is 152 cm³/mol. The second kappa shape index (κ2) is 13.2. The van der Waals surface area contributed by atoms with E-state index in [1.807, 2.05) is 68.1 Å². The molecule has 0 radical (unpaired) electrons. The van der Waals surface area contributed by atoms with Crippen LogP contribution in [0.1, 0.15) is 37.8 Å². The summed E-state index contributed by atoms with van der Waals surface area (Å²) in [5.74, 6) is 2.93. The van der Waals surface area contributed by atoms with Crippen molar-refractivity contribution in [2.75, 3.05) is 37.0 Å². The van der Waals surface area contributed by atoms with Crippen molar-refractivity contribution in [3.8, 4) is 11.5 Å². The highest BCUT2D eigenvalue weighted by atomic mass is 32.2. The third-order valence-corrected chi connectivity index (χ3v) is 8.10. The van der Waals surface area contributed by atoms with Crippen LogP contribution >= 0.6 is 23.5 Å². The van der Waals surface area contributed by atoms with Crippen LogP contribution in [-0.4, -0.2) is 64.9 Å². The number of carbonyl (C=O) groups is 2. The van der Waals surface area contributed by atoms with Gasteiger partial charge in [0.15, 0.2) is 11.5 Å². The molecule has 37 heavy (non-hydrogen) atoms. The number of hydrazone groups is 1. The van der Waals surface area contributed by atoms with Gasteiger partial charge in [-0.05, 0) is 56.2 Å². The van der Waals surface area contributed by atoms with Crippen LogP contribution in [-0.2, 0) is 11.3 Å². The summed E-state index contributed by atoms with van der Waals surface area (Å²) >= 11 is 3.16. The first-order valence-corrected chi connectivity index (χ1v) is 14.5. The van der Waals surface area contributed by atoms with Crippen molar-refractivity contribution in [3.05, 3.63) is 53.6 Å². The second-order valence-corrected chi connectivity index (χ2v) is 11.5. The molecule has 2 aliphatic rings. The maximum Gasteiger partial charge on any atom is 0.302 e. The monoisotopic (exact) mass is 542 g/mol. The number of ether oxygens (including phenoxy) is 2. The van der Waals surface area contributed by atoms with Crippen molar-refractivity contribution in [3.63, 3.8) is 0 Å². The summed E-state index contributed by atoms with van der Waals surface area (Å²) in [7, 11) is 1.61. The number of benzene rings is 2. The molecule has 10 heteroatoms. The predicted octanol–water partition coefficient (Wildman–Crippen LogP) is 4.98. The van der Waals surface area contributed by atoms with E-state index in [2.05, 4.69) is 15.7 Å². The first-order valence-electron chi connectivity index (χ1n) is 12.5. The molecule has 1 fully saturated rings. The van der Waals surface area contributed by atoms with Crippen molar-refractivity contribution in [1.82, 2.24) is 10.3 Å². The Morgan fingerprint density at radius 3 is 2.73 bits per heavy atom. The Labute approximate surface area is 226 Å². The lowest BCUT2D eigenvalue weighted by molar-refractivity contribution is -0.116. The molecule has 8 nitrogen and oxygen atoms in total. The average molecular weight is 543 g/mol. The number of hydrogen-bond donors (Lipinski definition) is 2. The lowest BCUT2D eigenvalue weighted by Crippen LogP contribution is -2.33. The van der Waals surface area contributed by atoms with Crippen LogP contribution in [0.3, 0.4) is 0 Å². The van der Waals surface area contributed by atoms with E-state index in [1.165, 1.54) is 16.8 Å². The molecule has 0 aliphatic carbocycles. The van der Waals surface area contributed by atoms with E-state index in [4.69, 9.17) is 9.47 Å². The van der Waals surface area contributed by atoms with Crippen LogP contribution in [0.4, 0.5) is 10.5 Å². The number of hydrogen-bond acceptors (Lipinski definition) is 8. The van der Waals surface area contributed by atoms with Crippen molar-refractivity contribution in [2.45, 2.75) is 44.6 Å². The smallest absolute Gasteiger partial charge is 0.302 e. The van der Waals surface area contributed by atoms with Gasteiger partial charge in [0, 0.05) is 47.5 Å². The lowest BCUT2D eigenvalue weighted by atomic mass is 10.1. The van der Waals surface area contributed by atoms with E-state index >= 15 is 0 Å². The number of carbonyl (C=O) groups excluding carboxylic acids is 2. The van der Waals surface area contributed by atoms with Crippen molar-refractivity contribution in [2.24, 2.45) is 5.10 Å². The molecule has 2 aliphatic heterocycles. The molecule has 1 saturated heterocycles. The first kappa shape index (κ1) is 27.3. The molecule has 4 rings (SSSR count). The highest BCUT2D eigenvalue weighted by Crippen LogP contribution is 2.31. The van der Waals surface area contributed by atoms with Crippen LogP contribution in [0.2, 0.25) is 0 Å². The summed E-state index contributed by atoms with van der Waals surface area (Å²) in [6.07, 6.45) is 1.38. The van der Waals surface area contributed by atoms with E-state index < -0.39 is 0 Å². The maximum absolute atomic E-state index is 12.6. The largest absolute Gasteiger partial charge is 0.493 e. The van der Waals surface area contributed by atoms with Gasteiger partial charge in [0.05, 0.1) is 25.5 Å². The SMILES string of the molecule is COc1ccc(C2=NN(Cc3ccc(NC(=O)CCC4CNCCS4)cc3)C(=O)SC2)cc1OC(C)C. The molecule has 2 N–H and O–H groups in total. The quantitative estimate of drug-likeness (QED) is 0.438. The molecule has 2 amide bonds. The molecule has 1 atom stereocenters. The fourth-order valence-electron chi connectivity index (χ4n) is 4.05. The van der Waals surface area contributed by atoms with Gasteiger partial charge in [-0.1, -0.05) is 23.9 Å². The maximum atomic E-state index is 12.6. The summed E-state index contributed by atoms with van der Waals surface area (Å²) in [6.45, 7) is 6.29. The number of amides is 2. The van der Waals surface area contributed by atoms with Gasteiger partial charge in [-0.3, -0.25) is 9.59 Å². The minimum absolute atomic E-state index is 0.00541. The number of thioether (sulfide) groups is 2. The van der Waals surface area contributed by atoms with E-state index in [9.17, 15) is 9.59 Å². The standard InChI is InChI=1S/C27H34N4O4S2/c1-18(2)35-25-14-20(6-10-24(25)34-3)23-17-37-27(33)31(30-23)16-19-4-7-21(8-5-19)29-26(32)11-9-22-15-28-12-13-36-22/h4-8,10,14,18,22,28H,9,11-13,15-17H2,1-3H3,(H,29,32). The van der Waals surface area contributed by atoms with Gasteiger partial charge in [0.25, 0.3) is 0 Å². The van der Waals surface area contributed by atoms with E-state index in [1.54, 1.807) is 7.11 Å². The third kappa shape index (κ3) is 7.90. The van der Waals surface area contributed by atoms with Crippen molar-refractivity contribution >= 4 is 46.1 Å². The van der Waals surface area contributed by atoms with E-state index in [-0.39, 0.29) is 17.3 Å². The highest BCUT2D eigenvalue weighted by molar-refractivity contribution is 8.14. The molecule has 198 valence electrons. The normalized spacial score (nSPS) is 17.9. The van der Waals surface area contributed by atoms with Crippen LogP contribution in [0.15, 0.2) is 47.6 Å². The molecular formula is C27H34N4O4S2. The molecule has 0 bridgehead atoms. The summed E-state index contributed by atoms with van der Waals surface area (Å²) in [5.41, 5.74) is 3.38. The number of nitrogens with zero attached hydrogens (tertiary/aromatic N) is 2. The Bertz CT molecular complexity index is 1120. The van der Waals surface area contributed by atoms with Gasteiger partial charge in [0.2, 0.25) is 5.91 Å². The number of rotatable bonds is 10. The highest BCUT2D eigenvalue weighted by Gasteiger charge is 2.23. The Balaban J connectivity index is 1.37. The Morgan fingerprint density at radius 1 is 1.22 bits per heavy atom. The minimum Gasteiger partial charge on any atom is -0.493 e. The first-order chi connectivity index (χ1) is 17.9. The van der Waals surface area contributed by atoms with Gasteiger partial charge >= 0.3 is 5.24 Å². The molecule has 0 saturated carbocycles. The fraction of sp³-hybridized carbons (Fsp3) is 0.444. The zero-order valence-corrected chi connectivity index (χ0v) is 23.1. The van der Waals surface area contributed by atoms with Gasteiger partial charge < -0.3 is 20.1 Å². The second-order valence-electron chi connectivity index (χ2n) is 9.17. The Kier molecular flexibility index (Phi) is 9.76. The topological polar surface area (TPSA) is 92.3 Å². The minimum atomic E-state index is -0.0941. The van der Waals surface area contributed by atoms with Gasteiger partial charge in [-0.25, -0.2) is 5.01 Å². The molecule has 0 spiro atoms. The molecule has 2 aromatic rings. The number of anilines is 1. The van der Waals surface area contributed by atoms with Gasteiger partial charge in [0.1, 0.15) is 0 Å². The molecule has 0 aromatic heterocycles. The van der Waals surface area contributed by atoms with E-state index in [0.29, 0.717) is 35.5 Å².